The predicted octanol–water partition coefficient (Wildman–Crippen LogP) is 0.603. The smallest absolute Gasteiger partial charge is 0.0110 e. The summed E-state index contributed by atoms with van der Waals surface area (Å²) in [6.45, 7) is 16.4. The molecule has 0 aromatic rings. The minimum Gasteiger partial charge on any atom is -0.315 e. The predicted molar refractivity (Wildman–Crippen MR) is 79.2 cm³/mol. The monoisotopic (exact) mass is 256 g/mol. The van der Waals surface area contributed by atoms with E-state index in [1.54, 1.807) is 0 Å². The van der Waals surface area contributed by atoms with E-state index in [1.165, 1.54) is 52.1 Å². The molecule has 0 amide bonds. The fraction of sp³-hybridized carbons (Fsp3) is 1.00. The Hall–Kier alpha value is -0.160. The van der Waals surface area contributed by atoms with E-state index in [9.17, 15) is 0 Å². The Labute approximate surface area is 113 Å². The molecule has 0 unspecified atom stereocenters. The van der Waals surface area contributed by atoms with Crippen molar-refractivity contribution in [3.8, 4) is 0 Å². The lowest BCUT2D eigenvalue weighted by molar-refractivity contribution is 0.188. The van der Waals surface area contributed by atoms with Crippen molar-refractivity contribution in [1.82, 2.24) is 20.4 Å². The molecule has 1 aliphatic heterocycles. The summed E-state index contributed by atoms with van der Waals surface area (Å²) in [7, 11) is 0. The molecule has 0 atom stereocenters. The second kappa shape index (κ2) is 10.7. The van der Waals surface area contributed by atoms with E-state index in [2.05, 4.69) is 34.3 Å². The molecule has 1 heterocycles. The molecular weight excluding hydrogens is 224 g/mol. The summed E-state index contributed by atoms with van der Waals surface area (Å²) in [6, 6.07) is 0. The van der Waals surface area contributed by atoms with E-state index in [0.29, 0.717) is 0 Å². The number of nitrogens with zero attached hydrogens (tertiary/aromatic N) is 2. The van der Waals surface area contributed by atoms with E-state index >= 15 is 0 Å². The first kappa shape index (κ1) is 15.9. The standard InChI is InChI=1S/C14H32N4/c1-3-5-15-6-10-17(9-4-2)13-14-18-11-7-16-8-12-18/h15-16H,3-14H2,1-2H3. The first-order valence-corrected chi connectivity index (χ1v) is 7.73. The van der Waals surface area contributed by atoms with Crippen LogP contribution in [0.5, 0.6) is 0 Å². The van der Waals surface area contributed by atoms with Gasteiger partial charge in [-0.05, 0) is 25.9 Å². The van der Waals surface area contributed by atoms with Crippen LogP contribution in [0.15, 0.2) is 0 Å². The second-order valence-electron chi connectivity index (χ2n) is 5.18. The summed E-state index contributed by atoms with van der Waals surface area (Å²) in [6.07, 6.45) is 2.49. The van der Waals surface area contributed by atoms with Crippen LogP contribution in [-0.2, 0) is 0 Å². The third-order valence-corrected chi connectivity index (χ3v) is 3.51. The first-order chi connectivity index (χ1) is 8.86. The van der Waals surface area contributed by atoms with E-state index in [0.717, 1.165) is 26.2 Å². The Morgan fingerprint density at radius 1 is 1.00 bits per heavy atom. The minimum atomic E-state index is 1.13. The highest BCUT2D eigenvalue weighted by Gasteiger charge is 2.11. The zero-order valence-corrected chi connectivity index (χ0v) is 12.4. The lowest BCUT2D eigenvalue weighted by Crippen LogP contribution is -2.47. The maximum Gasteiger partial charge on any atom is 0.0110 e. The van der Waals surface area contributed by atoms with Gasteiger partial charge in [-0.1, -0.05) is 13.8 Å². The van der Waals surface area contributed by atoms with Crippen LogP contribution in [0.1, 0.15) is 26.7 Å². The Bertz CT molecular complexity index is 181. The Morgan fingerprint density at radius 3 is 2.44 bits per heavy atom. The van der Waals surface area contributed by atoms with Crippen LogP contribution in [0, 0.1) is 0 Å². The molecule has 0 saturated carbocycles. The summed E-state index contributed by atoms with van der Waals surface area (Å²) < 4.78 is 0. The highest BCUT2D eigenvalue weighted by atomic mass is 15.2. The maximum atomic E-state index is 3.50. The molecular formula is C14H32N4. The third kappa shape index (κ3) is 7.31. The molecule has 1 saturated heterocycles. The Balaban J connectivity index is 2.11. The summed E-state index contributed by atoms with van der Waals surface area (Å²) >= 11 is 0. The van der Waals surface area contributed by atoms with Crippen LogP contribution >= 0.6 is 0 Å². The maximum absolute atomic E-state index is 3.50. The zero-order chi connectivity index (χ0) is 13.1. The van der Waals surface area contributed by atoms with E-state index in [1.807, 2.05) is 0 Å². The largest absolute Gasteiger partial charge is 0.315 e. The number of hydrogen-bond donors (Lipinski definition) is 2. The van der Waals surface area contributed by atoms with Crippen molar-refractivity contribution in [3.05, 3.63) is 0 Å². The molecule has 1 rings (SSSR count). The summed E-state index contributed by atoms with van der Waals surface area (Å²) in [4.78, 5) is 5.18. The number of nitrogens with one attached hydrogen (secondary N) is 2. The van der Waals surface area contributed by atoms with Gasteiger partial charge in [-0.2, -0.15) is 0 Å². The number of rotatable bonds is 10. The molecule has 4 nitrogen and oxygen atoms in total. The number of hydrogen-bond acceptors (Lipinski definition) is 4. The van der Waals surface area contributed by atoms with Crippen LogP contribution in [0.4, 0.5) is 0 Å². The van der Waals surface area contributed by atoms with Crippen molar-refractivity contribution in [2.75, 3.05) is 65.4 Å². The van der Waals surface area contributed by atoms with E-state index in [4.69, 9.17) is 0 Å². The van der Waals surface area contributed by atoms with Crippen LogP contribution in [-0.4, -0.2) is 75.2 Å². The van der Waals surface area contributed by atoms with Crippen LogP contribution in [0.25, 0.3) is 0 Å². The molecule has 0 spiro atoms. The molecule has 18 heavy (non-hydrogen) atoms. The van der Waals surface area contributed by atoms with Gasteiger partial charge in [-0.25, -0.2) is 0 Å². The molecule has 0 bridgehead atoms. The van der Waals surface area contributed by atoms with Crippen LogP contribution in [0.3, 0.4) is 0 Å². The van der Waals surface area contributed by atoms with Crippen molar-refractivity contribution in [2.45, 2.75) is 26.7 Å². The summed E-state index contributed by atoms with van der Waals surface area (Å²) in [5, 5.41) is 6.91. The highest BCUT2D eigenvalue weighted by Crippen LogP contribution is 1.96. The molecule has 0 aliphatic carbocycles. The van der Waals surface area contributed by atoms with Crippen molar-refractivity contribution in [3.63, 3.8) is 0 Å². The van der Waals surface area contributed by atoms with Gasteiger partial charge >= 0.3 is 0 Å². The summed E-state index contributed by atoms with van der Waals surface area (Å²) in [5.41, 5.74) is 0. The second-order valence-corrected chi connectivity index (χ2v) is 5.18. The normalized spacial score (nSPS) is 17.5. The fourth-order valence-corrected chi connectivity index (χ4v) is 2.41. The van der Waals surface area contributed by atoms with Gasteiger partial charge in [0.05, 0.1) is 0 Å². The van der Waals surface area contributed by atoms with Gasteiger partial charge in [0.25, 0.3) is 0 Å². The molecule has 2 N–H and O–H groups in total. The van der Waals surface area contributed by atoms with Crippen molar-refractivity contribution in [1.29, 1.82) is 0 Å². The molecule has 0 aromatic heterocycles. The molecule has 0 aromatic carbocycles. The van der Waals surface area contributed by atoms with Crippen molar-refractivity contribution in [2.24, 2.45) is 0 Å². The van der Waals surface area contributed by atoms with Gasteiger partial charge in [0, 0.05) is 52.4 Å². The van der Waals surface area contributed by atoms with Gasteiger partial charge in [0.2, 0.25) is 0 Å². The zero-order valence-electron chi connectivity index (χ0n) is 12.4. The van der Waals surface area contributed by atoms with Crippen molar-refractivity contribution >= 4 is 0 Å². The van der Waals surface area contributed by atoms with Gasteiger partial charge in [-0.3, -0.25) is 4.90 Å². The molecule has 1 fully saturated rings. The lowest BCUT2D eigenvalue weighted by Gasteiger charge is -2.30. The topological polar surface area (TPSA) is 30.5 Å². The van der Waals surface area contributed by atoms with Crippen LogP contribution in [0.2, 0.25) is 0 Å². The summed E-state index contributed by atoms with van der Waals surface area (Å²) in [5.74, 6) is 0. The molecule has 0 radical (unpaired) electrons. The third-order valence-electron chi connectivity index (χ3n) is 3.51. The van der Waals surface area contributed by atoms with E-state index in [-0.39, 0.29) is 0 Å². The van der Waals surface area contributed by atoms with Gasteiger partial charge < -0.3 is 15.5 Å². The average molecular weight is 256 g/mol. The molecule has 108 valence electrons. The van der Waals surface area contributed by atoms with E-state index < -0.39 is 0 Å². The Morgan fingerprint density at radius 2 is 1.78 bits per heavy atom. The number of piperazine rings is 1. The quantitative estimate of drug-likeness (QED) is 0.561. The SMILES string of the molecule is CCCNCCN(CCC)CCN1CCNCC1. The highest BCUT2D eigenvalue weighted by molar-refractivity contribution is 4.70. The van der Waals surface area contributed by atoms with Gasteiger partial charge in [-0.15, -0.1) is 0 Å². The Kier molecular flexibility index (Phi) is 9.48. The minimum absolute atomic E-state index is 1.13. The van der Waals surface area contributed by atoms with Gasteiger partial charge in [0.15, 0.2) is 0 Å². The van der Waals surface area contributed by atoms with Crippen molar-refractivity contribution < 1.29 is 0 Å². The van der Waals surface area contributed by atoms with Crippen LogP contribution < -0.4 is 10.6 Å². The van der Waals surface area contributed by atoms with Gasteiger partial charge in [0.1, 0.15) is 0 Å². The average Bonchev–Trinajstić information content (AvgIpc) is 2.42. The first-order valence-electron chi connectivity index (χ1n) is 7.73. The molecule has 4 heteroatoms. The lowest BCUT2D eigenvalue weighted by atomic mass is 10.3. The fourth-order valence-electron chi connectivity index (χ4n) is 2.41. The molecule has 1 aliphatic rings.